The first kappa shape index (κ1) is 16.2. The maximum Gasteiger partial charge on any atom is 0.192 e. The van der Waals surface area contributed by atoms with Crippen molar-refractivity contribution in [2.45, 2.75) is 35.8 Å². The highest BCUT2D eigenvalue weighted by Crippen LogP contribution is 2.29. The van der Waals surface area contributed by atoms with Gasteiger partial charge >= 0.3 is 0 Å². The fourth-order valence-corrected chi connectivity index (χ4v) is 5.16. The van der Waals surface area contributed by atoms with Gasteiger partial charge in [-0.2, -0.15) is 0 Å². The van der Waals surface area contributed by atoms with Gasteiger partial charge in [0.1, 0.15) is 4.21 Å². The molecule has 3 nitrogen and oxygen atoms in total. The Bertz CT molecular complexity index is 636. The van der Waals surface area contributed by atoms with Crippen LogP contribution in [0.1, 0.15) is 31.9 Å². The van der Waals surface area contributed by atoms with Crippen LogP contribution in [0.5, 0.6) is 0 Å². The minimum Gasteiger partial charge on any atom is -0.309 e. The second kappa shape index (κ2) is 7.20. The smallest absolute Gasteiger partial charge is 0.192 e. The van der Waals surface area contributed by atoms with Crippen molar-refractivity contribution in [2.75, 3.05) is 6.54 Å². The topological polar surface area (TPSA) is 46.2 Å². The van der Waals surface area contributed by atoms with E-state index in [2.05, 4.69) is 12.2 Å². The lowest BCUT2D eigenvalue weighted by Crippen LogP contribution is -2.35. The van der Waals surface area contributed by atoms with Crippen LogP contribution in [0.25, 0.3) is 0 Å². The fourth-order valence-electron chi connectivity index (χ4n) is 2.30. The predicted molar refractivity (Wildman–Crippen MR) is 88.4 cm³/mol. The molecule has 1 aromatic heterocycles. The van der Waals surface area contributed by atoms with E-state index in [-0.39, 0.29) is 6.04 Å². The monoisotopic (exact) mass is 323 g/mol. The Balaban J connectivity index is 2.32. The number of nitrogens with one attached hydrogen (secondary N) is 1. The average Bonchev–Trinajstić information content (AvgIpc) is 3.03. The molecule has 0 spiro atoms. The molecule has 0 saturated carbocycles. The van der Waals surface area contributed by atoms with Crippen LogP contribution < -0.4 is 5.32 Å². The van der Waals surface area contributed by atoms with Crippen LogP contribution >= 0.6 is 11.3 Å². The van der Waals surface area contributed by atoms with E-state index in [1.54, 1.807) is 24.4 Å². The van der Waals surface area contributed by atoms with Gasteiger partial charge in [-0.1, -0.05) is 43.3 Å². The molecular weight excluding hydrogens is 302 g/mol. The molecule has 2 rings (SSSR count). The van der Waals surface area contributed by atoms with Crippen molar-refractivity contribution in [3.63, 3.8) is 0 Å². The molecule has 0 bridgehead atoms. The molecule has 0 aliphatic heterocycles. The largest absolute Gasteiger partial charge is 0.309 e. The van der Waals surface area contributed by atoms with Crippen LogP contribution in [0.2, 0.25) is 0 Å². The van der Waals surface area contributed by atoms with Gasteiger partial charge in [0.05, 0.1) is 5.25 Å². The van der Waals surface area contributed by atoms with Crippen molar-refractivity contribution < 1.29 is 8.42 Å². The van der Waals surface area contributed by atoms with E-state index in [0.717, 1.165) is 18.5 Å². The van der Waals surface area contributed by atoms with Gasteiger partial charge < -0.3 is 5.32 Å². The average molecular weight is 323 g/mol. The molecule has 1 aromatic carbocycles. The van der Waals surface area contributed by atoms with Gasteiger partial charge in [-0.15, -0.1) is 11.3 Å². The van der Waals surface area contributed by atoms with Crippen molar-refractivity contribution in [3.8, 4) is 0 Å². The maximum absolute atomic E-state index is 12.7. The Morgan fingerprint density at radius 2 is 1.86 bits per heavy atom. The molecule has 1 N–H and O–H groups in total. The van der Waals surface area contributed by atoms with E-state index < -0.39 is 15.1 Å². The summed E-state index contributed by atoms with van der Waals surface area (Å²) in [6, 6.07) is 13.1. The Labute approximate surface area is 130 Å². The molecule has 114 valence electrons. The first-order valence-corrected chi connectivity index (χ1v) is 9.55. The van der Waals surface area contributed by atoms with Gasteiger partial charge in [0.2, 0.25) is 0 Å². The zero-order valence-electron chi connectivity index (χ0n) is 12.3. The molecular formula is C16H21NO2S2. The molecule has 0 radical (unpaired) electrons. The van der Waals surface area contributed by atoms with Crippen LogP contribution in [-0.4, -0.2) is 20.2 Å². The van der Waals surface area contributed by atoms with E-state index in [0.29, 0.717) is 4.21 Å². The van der Waals surface area contributed by atoms with Gasteiger partial charge in [0.25, 0.3) is 0 Å². The molecule has 0 aliphatic rings. The predicted octanol–water partition coefficient (Wildman–Crippen LogP) is 3.65. The SMILES string of the molecule is CCCNC(c1ccccc1)C(C)S(=O)(=O)c1cccs1. The summed E-state index contributed by atoms with van der Waals surface area (Å²) in [5, 5.41) is 4.67. The summed E-state index contributed by atoms with van der Waals surface area (Å²) in [6.07, 6.45) is 0.967. The number of hydrogen-bond acceptors (Lipinski definition) is 4. The highest BCUT2D eigenvalue weighted by molar-refractivity contribution is 7.94. The van der Waals surface area contributed by atoms with E-state index in [1.807, 2.05) is 30.3 Å². The molecule has 0 aliphatic carbocycles. The first-order valence-electron chi connectivity index (χ1n) is 7.13. The van der Waals surface area contributed by atoms with Crippen molar-refractivity contribution in [1.29, 1.82) is 0 Å². The quantitative estimate of drug-likeness (QED) is 0.846. The van der Waals surface area contributed by atoms with Gasteiger partial charge in [-0.3, -0.25) is 0 Å². The third-order valence-corrected chi connectivity index (χ3v) is 7.10. The van der Waals surface area contributed by atoms with Crippen molar-refractivity contribution >= 4 is 21.2 Å². The van der Waals surface area contributed by atoms with Crippen LogP contribution in [-0.2, 0) is 9.84 Å². The lowest BCUT2D eigenvalue weighted by Gasteiger charge is -2.25. The second-order valence-corrected chi connectivity index (χ2v) is 8.50. The second-order valence-electron chi connectivity index (χ2n) is 5.02. The number of sulfone groups is 1. The zero-order valence-corrected chi connectivity index (χ0v) is 14.0. The van der Waals surface area contributed by atoms with E-state index in [4.69, 9.17) is 0 Å². The number of benzene rings is 1. The summed E-state index contributed by atoms with van der Waals surface area (Å²) in [5.74, 6) is 0. The fraction of sp³-hybridized carbons (Fsp3) is 0.375. The molecule has 2 unspecified atom stereocenters. The summed E-state index contributed by atoms with van der Waals surface area (Å²) < 4.78 is 25.9. The minimum absolute atomic E-state index is 0.196. The molecule has 5 heteroatoms. The highest BCUT2D eigenvalue weighted by atomic mass is 32.2. The van der Waals surface area contributed by atoms with Crippen LogP contribution in [0.4, 0.5) is 0 Å². The molecule has 0 saturated heterocycles. The first-order chi connectivity index (χ1) is 10.1. The van der Waals surface area contributed by atoms with Gasteiger partial charge in [-0.05, 0) is 36.9 Å². The summed E-state index contributed by atoms with van der Waals surface area (Å²) >= 11 is 1.28. The van der Waals surface area contributed by atoms with Crippen LogP contribution in [0.15, 0.2) is 52.1 Å². The molecule has 21 heavy (non-hydrogen) atoms. The molecule has 2 atom stereocenters. The summed E-state index contributed by atoms with van der Waals surface area (Å²) in [5.41, 5.74) is 1.01. The number of rotatable bonds is 7. The Hall–Kier alpha value is -1.17. The Kier molecular flexibility index (Phi) is 5.56. The minimum atomic E-state index is -3.32. The third kappa shape index (κ3) is 3.73. The summed E-state index contributed by atoms with van der Waals surface area (Å²) in [4.78, 5) is 0. The van der Waals surface area contributed by atoms with Gasteiger partial charge in [-0.25, -0.2) is 8.42 Å². The molecule has 2 aromatic rings. The van der Waals surface area contributed by atoms with E-state index in [9.17, 15) is 8.42 Å². The lowest BCUT2D eigenvalue weighted by atomic mass is 10.0. The molecule has 0 fully saturated rings. The summed E-state index contributed by atoms with van der Waals surface area (Å²) in [6.45, 7) is 4.66. The molecule has 0 amide bonds. The van der Waals surface area contributed by atoms with Gasteiger partial charge in [0, 0.05) is 6.04 Å². The van der Waals surface area contributed by atoms with Crippen molar-refractivity contribution in [3.05, 3.63) is 53.4 Å². The van der Waals surface area contributed by atoms with Crippen molar-refractivity contribution in [2.24, 2.45) is 0 Å². The Morgan fingerprint density at radius 1 is 1.14 bits per heavy atom. The zero-order chi connectivity index (χ0) is 15.3. The third-order valence-electron chi connectivity index (χ3n) is 3.51. The molecule has 1 heterocycles. The van der Waals surface area contributed by atoms with Gasteiger partial charge in [0.15, 0.2) is 9.84 Å². The normalized spacial score (nSPS) is 14.8. The van der Waals surface area contributed by atoms with Crippen LogP contribution in [0, 0.1) is 0 Å². The highest BCUT2D eigenvalue weighted by Gasteiger charge is 2.32. The number of thiophene rings is 1. The van der Waals surface area contributed by atoms with Crippen LogP contribution in [0.3, 0.4) is 0 Å². The van der Waals surface area contributed by atoms with E-state index >= 15 is 0 Å². The number of hydrogen-bond donors (Lipinski definition) is 1. The maximum atomic E-state index is 12.7. The van der Waals surface area contributed by atoms with Crippen molar-refractivity contribution in [1.82, 2.24) is 5.32 Å². The summed E-state index contributed by atoms with van der Waals surface area (Å²) in [7, 11) is -3.32. The lowest BCUT2D eigenvalue weighted by molar-refractivity contribution is 0.498. The standard InChI is InChI=1S/C16H21NO2S2/c1-3-11-17-16(14-8-5-4-6-9-14)13(2)21(18,19)15-10-7-12-20-15/h4-10,12-13,16-17H,3,11H2,1-2H3. The Morgan fingerprint density at radius 3 is 2.43 bits per heavy atom. The van der Waals surface area contributed by atoms with E-state index in [1.165, 1.54) is 11.3 Å².